The van der Waals surface area contributed by atoms with Crippen LogP contribution in [0.2, 0.25) is 0 Å². The predicted molar refractivity (Wildman–Crippen MR) is 158 cm³/mol. The zero-order chi connectivity index (χ0) is 29.5. The molecule has 3 aromatic carbocycles. The molecule has 0 saturated carbocycles. The molecule has 5 rings (SSSR count). The molecular weight excluding hydrogens is 536 g/mol. The Morgan fingerprint density at radius 3 is 2.52 bits per heavy atom. The van der Waals surface area contributed by atoms with Gasteiger partial charge in [0.05, 0.1) is 18.2 Å². The average molecular weight is 571 g/mol. The third-order valence-corrected chi connectivity index (χ3v) is 6.98. The van der Waals surface area contributed by atoms with Crippen molar-refractivity contribution in [2.24, 2.45) is 0 Å². The number of carbonyl (C=O) groups excluding carboxylic acids is 3. The van der Waals surface area contributed by atoms with E-state index in [1.54, 1.807) is 48.5 Å². The number of nitrogens with zero attached hydrogens (tertiary/aromatic N) is 4. The van der Waals surface area contributed by atoms with Crippen molar-refractivity contribution in [2.75, 3.05) is 30.0 Å². The fraction of sp³-hybridized carbons (Fsp3) is 0.323. The van der Waals surface area contributed by atoms with E-state index in [4.69, 9.17) is 9.47 Å². The fourth-order valence-corrected chi connectivity index (χ4v) is 5.03. The summed E-state index contributed by atoms with van der Waals surface area (Å²) in [6.45, 7) is 4.67. The van der Waals surface area contributed by atoms with Crippen LogP contribution < -0.4 is 20.3 Å². The summed E-state index contributed by atoms with van der Waals surface area (Å²) in [6, 6.07) is 20.3. The van der Waals surface area contributed by atoms with Crippen LogP contribution >= 0.6 is 0 Å². The lowest BCUT2D eigenvalue weighted by Gasteiger charge is -2.32. The molecule has 11 heteroatoms. The SMILES string of the molecule is CCOc1ccc([C@@H](C(=O)NC[C@@H]2CCCO2)N(C(=O)Cn2nnc3ccccc32)c2ccc(NC(C)=O)cc2)cc1. The van der Waals surface area contributed by atoms with E-state index in [1.807, 2.05) is 31.2 Å². The van der Waals surface area contributed by atoms with Gasteiger partial charge in [-0.05, 0) is 73.9 Å². The second kappa shape index (κ2) is 13.3. The lowest BCUT2D eigenvalue weighted by molar-refractivity contribution is -0.127. The summed E-state index contributed by atoms with van der Waals surface area (Å²) in [7, 11) is 0. The van der Waals surface area contributed by atoms with Crippen molar-refractivity contribution in [3.63, 3.8) is 0 Å². The number of amides is 3. The van der Waals surface area contributed by atoms with Crippen LogP contribution in [0, 0.1) is 0 Å². The molecule has 1 aliphatic heterocycles. The van der Waals surface area contributed by atoms with Crippen LogP contribution in [0.5, 0.6) is 5.75 Å². The van der Waals surface area contributed by atoms with Crippen molar-refractivity contribution in [3.05, 3.63) is 78.4 Å². The van der Waals surface area contributed by atoms with Gasteiger partial charge in [0.1, 0.15) is 23.9 Å². The molecule has 1 aliphatic rings. The van der Waals surface area contributed by atoms with Crippen LogP contribution in [0.25, 0.3) is 11.0 Å². The Labute approximate surface area is 243 Å². The Balaban J connectivity index is 1.54. The highest BCUT2D eigenvalue weighted by molar-refractivity contribution is 6.02. The number of benzene rings is 3. The second-order valence-electron chi connectivity index (χ2n) is 10.0. The molecule has 218 valence electrons. The highest BCUT2D eigenvalue weighted by Crippen LogP contribution is 2.31. The summed E-state index contributed by atoms with van der Waals surface area (Å²) in [5.41, 5.74) is 3.01. The normalized spacial score (nSPS) is 15.2. The predicted octanol–water partition coefficient (Wildman–Crippen LogP) is 3.86. The van der Waals surface area contributed by atoms with Crippen molar-refractivity contribution < 1.29 is 23.9 Å². The standard InChI is InChI=1S/C31H34N6O5/c1-3-41-25-16-10-22(11-17-25)30(31(40)32-19-26-7-6-18-42-26)37(24-14-12-23(13-15-24)33-21(2)38)29(39)20-36-28-9-5-4-8-27(28)34-35-36/h4-5,8-17,26,30H,3,6-7,18-20H2,1-2H3,(H,32,40)(H,33,38)/t26-,30-/m0/s1. The number of aromatic nitrogens is 3. The minimum absolute atomic E-state index is 0.0717. The van der Waals surface area contributed by atoms with Gasteiger partial charge in [0.2, 0.25) is 17.7 Å². The minimum Gasteiger partial charge on any atom is -0.494 e. The summed E-state index contributed by atoms with van der Waals surface area (Å²) in [6.07, 6.45) is 1.73. The van der Waals surface area contributed by atoms with Gasteiger partial charge in [0.25, 0.3) is 0 Å². The number of rotatable bonds is 11. The third kappa shape index (κ3) is 6.74. The van der Waals surface area contributed by atoms with Gasteiger partial charge in [0, 0.05) is 31.5 Å². The largest absolute Gasteiger partial charge is 0.494 e. The molecule has 2 atom stereocenters. The summed E-state index contributed by atoms with van der Waals surface area (Å²) in [5.74, 6) is -0.276. The third-order valence-electron chi connectivity index (χ3n) is 6.98. The van der Waals surface area contributed by atoms with E-state index in [0.29, 0.717) is 53.5 Å². The zero-order valence-corrected chi connectivity index (χ0v) is 23.7. The number of anilines is 2. The van der Waals surface area contributed by atoms with Gasteiger partial charge in [-0.3, -0.25) is 19.3 Å². The van der Waals surface area contributed by atoms with Gasteiger partial charge in [0.15, 0.2) is 0 Å². The molecule has 1 saturated heterocycles. The van der Waals surface area contributed by atoms with Crippen LogP contribution in [0.1, 0.15) is 38.3 Å². The Morgan fingerprint density at radius 1 is 1.07 bits per heavy atom. The summed E-state index contributed by atoms with van der Waals surface area (Å²) < 4.78 is 12.9. The number of para-hydroxylation sites is 1. The summed E-state index contributed by atoms with van der Waals surface area (Å²) in [4.78, 5) is 41.2. The maximum absolute atomic E-state index is 14.2. The molecule has 11 nitrogen and oxygen atoms in total. The second-order valence-corrected chi connectivity index (χ2v) is 10.0. The molecule has 0 unspecified atom stereocenters. The van der Waals surface area contributed by atoms with Gasteiger partial charge in [-0.25, -0.2) is 4.68 Å². The first kappa shape index (κ1) is 28.7. The number of carbonyl (C=O) groups is 3. The van der Waals surface area contributed by atoms with Crippen molar-refractivity contribution >= 4 is 40.1 Å². The van der Waals surface area contributed by atoms with Gasteiger partial charge in [-0.1, -0.05) is 29.5 Å². The van der Waals surface area contributed by atoms with E-state index in [1.165, 1.54) is 16.5 Å². The van der Waals surface area contributed by atoms with Crippen molar-refractivity contribution in [3.8, 4) is 5.75 Å². The highest BCUT2D eigenvalue weighted by atomic mass is 16.5. The maximum atomic E-state index is 14.2. The summed E-state index contributed by atoms with van der Waals surface area (Å²) >= 11 is 0. The molecule has 0 bridgehead atoms. The molecule has 0 spiro atoms. The Kier molecular flexibility index (Phi) is 9.08. The Bertz CT molecular complexity index is 1530. The molecule has 0 radical (unpaired) electrons. The minimum atomic E-state index is -1.02. The topological polar surface area (TPSA) is 128 Å². The van der Waals surface area contributed by atoms with E-state index in [0.717, 1.165) is 12.8 Å². The maximum Gasteiger partial charge on any atom is 0.249 e. The fourth-order valence-electron chi connectivity index (χ4n) is 5.03. The lowest BCUT2D eigenvalue weighted by Crippen LogP contribution is -2.46. The molecule has 3 amide bonds. The first-order chi connectivity index (χ1) is 20.4. The van der Waals surface area contributed by atoms with E-state index in [2.05, 4.69) is 20.9 Å². The monoisotopic (exact) mass is 570 g/mol. The smallest absolute Gasteiger partial charge is 0.249 e. The van der Waals surface area contributed by atoms with E-state index < -0.39 is 6.04 Å². The quantitative estimate of drug-likeness (QED) is 0.280. The number of hydrogen-bond donors (Lipinski definition) is 2. The van der Waals surface area contributed by atoms with Crippen molar-refractivity contribution in [2.45, 2.75) is 45.4 Å². The Hall–Kier alpha value is -4.77. The lowest BCUT2D eigenvalue weighted by atomic mass is 10.0. The van der Waals surface area contributed by atoms with Gasteiger partial charge in [-0.15, -0.1) is 5.10 Å². The molecule has 42 heavy (non-hydrogen) atoms. The van der Waals surface area contributed by atoms with E-state index in [-0.39, 0.29) is 30.4 Å². The van der Waals surface area contributed by atoms with Crippen LogP contribution in [0.3, 0.4) is 0 Å². The molecular formula is C31H34N6O5. The van der Waals surface area contributed by atoms with Crippen LogP contribution in [-0.4, -0.2) is 58.6 Å². The molecule has 1 aromatic heterocycles. The van der Waals surface area contributed by atoms with Crippen molar-refractivity contribution in [1.29, 1.82) is 0 Å². The van der Waals surface area contributed by atoms with Gasteiger partial charge < -0.3 is 20.1 Å². The molecule has 2 N–H and O–H groups in total. The molecule has 4 aromatic rings. The van der Waals surface area contributed by atoms with Crippen LogP contribution in [0.4, 0.5) is 11.4 Å². The van der Waals surface area contributed by atoms with Crippen LogP contribution in [0.15, 0.2) is 72.8 Å². The highest BCUT2D eigenvalue weighted by Gasteiger charge is 2.34. The van der Waals surface area contributed by atoms with Crippen molar-refractivity contribution in [1.82, 2.24) is 20.3 Å². The molecule has 0 aliphatic carbocycles. The first-order valence-electron chi connectivity index (χ1n) is 14.0. The summed E-state index contributed by atoms with van der Waals surface area (Å²) in [5, 5.41) is 14.1. The van der Waals surface area contributed by atoms with Gasteiger partial charge in [-0.2, -0.15) is 0 Å². The number of ether oxygens (including phenoxy) is 2. The van der Waals surface area contributed by atoms with E-state index >= 15 is 0 Å². The Morgan fingerprint density at radius 2 is 1.83 bits per heavy atom. The first-order valence-corrected chi connectivity index (χ1v) is 14.0. The van der Waals surface area contributed by atoms with E-state index in [9.17, 15) is 14.4 Å². The van der Waals surface area contributed by atoms with Crippen LogP contribution in [-0.2, 0) is 25.7 Å². The number of fused-ring (bicyclic) bond motifs is 1. The molecule has 2 heterocycles. The zero-order valence-electron chi connectivity index (χ0n) is 23.7. The molecule has 1 fully saturated rings. The average Bonchev–Trinajstić information content (AvgIpc) is 3.66. The van der Waals surface area contributed by atoms with Gasteiger partial charge >= 0.3 is 0 Å². The number of hydrogen-bond acceptors (Lipinski definition) is 7. The number of nitrogens with one attached hydrogen (secondary N) is 2.